The van der Waals surface area contributed by atoms with Gasteiger partial charge in [-0.25, -0.2) is 8.42 Å². The number of nitro benzene ring substituents is 1. The molecule has 0 spiro atoms. The number of carbonyl (C=O) groups excluding carboxylic acids is 2. The molecule has 218 valence electrons. The normalized spacial score (nSPS) is 12.2. The second-order valence-corrected chi connectivity index (χ2v) is 12.2. The zero-order chi connectivity index (χ0) is 30.4. The minimum atomic E-state index is -4.28. The van der Waals surface area contributed by atoms with Gasteiger partial charge in [-0.3, -0.25) is 24.0 Å². The van der Waals surface area contributed by atoms with E-state index in [4.69, 9.17) is 4.74 Å². The van der Waals surface area contributed by atoms with E-state index in [1.54, 1.807) is 49.4 Å². The third-order valence-corrected chi connectivity index (χ3v) is 7.90. The molecule has 2 amide bonds. The molecule has 11 nitrogen and oxygen atoms in total. The van der Waals surface area contributed by atoms with E-state index in [1.807, 2.05) is 20.8 Å². The topological polar surface area (TPSA) is 139 Å². The van der Waals surface area contributed by atoms with Crippen molar-refractivity contribution in [2.75, 3.05) is 18.0 Å². The first-order valence-corrected chi connectivity index (χ1v) is 14.2. The zero-order valence-corrected chi connectivity index (χ0v) is 24.4. The largest absolute Gasteiger partial charge is 0.497 e. The van der Waals surface area contributed by atoms with Gasteiger partial charge in [0.2, 0.25) is 11.8 Å². The smallest absolute Gasteiger partial charge is 0.269 e. The van der Waals surface area contributed by atoms with Gasteiger partial charge < -0.3 is 15.0 Å². The van der Waals surface area contributed by atoms with Gasteiger partial charge in [-0.15, -0.1) is 0 Å². The minimum absolute atomic E-state index is 0.00571. The van der Waals surface area contributed by atoms with E-state index in [0.717, 1.165) is 4.31 Å². The number of rotatable bonds is 11. The number of methoxy groups -OCH3 is 1. The lowest BCUT2D eigenvalue weighted by atomic mass is 10.1. The van der Waals surface area contributed by atoms with Gasteiger partial charge >= 0.3 is 0 Å². The number of benzene rings is 3. The van der Waals surface area contributed by atoms with Crippen LogP contribution in [0.1, 0.15) is 33.3 Å². The summed E-state index contributed by atoms with van der Waals surface area (Å²) in [6, 6.07) is 18.5. The first-order chi connectivity index (χ1) is 19.2. The quantitative estimate of drug-likeness (QED) is 0.265. The number of hydrogen-bond acceptors (Lipinski definition) is 7. The summed E-state index contributed by atoms with van der Waals surface area (Å²) >= 11 is 0. The Kier molecular flexibility index (Phi) is 9.71. The average Bonchev–Trinajstić information content (AvgIpc) is 2.93. The van der Waals surface area contributed by atoms with Crippen LogP contribution in [0.4, 0.5) is 11.4 Å². The number of hydrogen-bond donors (Lipinski definition) is 1. The summed E-state index contributed by atoms with van der Waals surface area (Å²) < 4.78 is 33.7. The third-order valence-electron chi connectivity index (χ3n) is 6.11. The van der Waals surface area contributed by atoms with Crippen molar-refractivity contribution in [1.82, 2.24) is 10.2 Å². The van der Waals surface area contributed by atoms with Crippen molar-refractivity contribution in [3.63, 3.8) is 0 Å². The van der Waals surface area contributed by atoms with Crippen molar-refractivity contribution >= 4 is 33.2 Å². The molecular weight excluding hydrogens is 548 g/mol. The number of nitro groups is 1. The molecule has 1 atom stereocenters. The number of anilines is 1. The Morgan fingerprint density at radius 1 is 1.00 bits per heavy atom. The van der Waals surface area contributed by atoms with Crippen LogP contribution in [0.25, 0.3) is 0 Å². The van der Waals surface area contributed by atoms with Crippen LogP contribution < -0.4 is 14.4 Å². The van der Waals surface area contributed by atoms with E-state index in [9.17, 15) is 28.1 Å². The fourth-order valence-corrected chi connectivity index (χ4v) is 5.45. The van der Waals surface area contributed by atoms with Crippen molar-refractivity contribution in [1.29, 1.82) is 0 Å². The average molecular weight is 583 g/mol. The maximum Gasteiger partial charge on any atom is 0.269 e. The lowest BCUT2D eigenvalue weighted by molar-refractivity contribution is -0.384. The van der Waals surface area contributed by atoms with Gasteiger partial charge in [-0.2, -0.15) is 0 Å². The second-order valence-electron chi connectivity index (χ2n) is 10.4. The van der Waals surface area contributed by atoms with Crippen LogP contribution in [0.3, 0.4) is 0 Å². The van der Waals surface area contributed by atoms with E-state index in [2.05, 4.69) is 5.32 Å². The predicted octanol–water partition coefficient (Wildman–Crippen LogP) is 4.13. The molecule has 3 aromatic carbocycles. The summed E-state index contributed by atoms with van der Waals surface area (Å²) in [7, 11) is -2.77. The Balaban J connectivity index is 2.05. The molecule has 0 aromatic heterocycles. The standard InChI is InChI=1S/C29H34N4O7S/c1-21(28(35)30-29(2,3)4)31(19-22-10-9-11-25(18-22)40-5)27(34)20-32(23-14-16-24(17-15-23)33(36)37)41(38,39)26-12-7-6-8-13-26/h6-18,21H,19-20H2,1-5H3,(H,30,35)/t21-/m1/s1. The second kappa shape index (κ2) is 12.8. The van der Waals surface area contributed by atoms with Gasteiger partial charge in [-0.05, 0) is 69.7 Å². The summed E-state index contributed by atoms with van der Waals surface area (Å²) in [5.41, 5.74) is -0.0802. The molecule has 0 aliphatic carbocycles. The molecule has 41 heavy (non-hydrogen) atoms. The molecule has 0 heterocycles. The monoisotopic (exact) mass is 582 g/mol. The fraction of sp³-hybridized carbons (Fsp3) is 0.310. The van der Waals surface area contributed by atoms with Crippen LogP contribution in [-0.2, 0) is 26.2 Å². The van der Waals surface area contributed by atoms with Crippen LogP contribution in [0, 0.1) is 10.1 Å². The van der Waals surface area contributed by atoms with Crippen molar-refractivity contribution in [3.8, 4) is 5.75 Å². The van der Waals surface area contributed by atoms with Crippen LogP contribution in [0.5, 0.6) is 5.75 Å². The van der Waals surface area contributed by atoms with Gasteiger partial charge in [0.05, 0.1) is 22.6 Å². The zero-order valence-electron chi connectivity index (χ0n) is 23.6. The summed E-state index contributed by atoms with van der Waals surface area (Å²) in [5, 5.41) is 14.1. The van der Waals surface area contributed by atoms with Gasteiger partial charge in [0.1, 0.15) is 18.3 Å². The lowest BCUT2D eigenvalue weighted by Gasteiger charge is -2.33. The highest BCUT2D eigenvalue weighted by molar-refractivity contribution is 7.92. The number of carbonyl (C=O) groups is 2. The van der Waals surface area contributed by atoms with Crippen LogP contribution in [0.15, 0.2) is 83.8 Å². The van der Waals surface area contributed by atoms with Crippen LogP contribution >= 0.6 is 0 Å². The Morgan fingerprint density at radius 2 is 1.63 bits per heavy atom. The number of nitrogens with one attached hydrogen (secondary N) is 1. The molecule has 0 unspecified atom stereocenters. The minimum Gasteiger partial charge on any atom is -0.497 e. The van der Waals surface area contributed by atoms with Crippen molar-refractivity contribution in [2.45, 2.75) is 50.7 Å². The van der Waals surface area contributed by atoms with Crippen molar-refractivity contribution in [3.05, 3.63) is 94.5 Å². The number of amides is 2. The van der Waals surface area contributed by atoms with E-state index in [0.29, 0.717) is 11.3 Å². The van der Waals surface area contributed by atoms with Gasteiger partial charge in [0.15, 0.2) is 0 Å². The summed E-state index contributed by atoms with van der Waals surface area (Å²) in [6.07, 6.45) is 0. The highest BCUT2D eigenvalue weighted by Gasteiger charge is 2.33. The highest BCUT2D eigenvalue weighted by atomic mass is 32.2. The molecule has 0 aliphatic rings. The predicted molar refractivity (Wildman–Crippen MR) is 155 cm³/mol. The molecule has 0 fully saturated rings. The van der Waals surface area contributed by atoms with E-state index >= 15 is 0 Å². The molecule has 0 bridgehead atoms. The molecule has 3 rings (SSSR count). The number of nitrogens with zero attached hydrogens (tertiary/aromatic N) is 3. The first kappa shape index (κ1) is 31.1. The van der Waals surface area contributed by atoms with Crippen molar-refractivity contribution < 1.29 is 27.7 Å². The summed E-state index contributed by atoms with van der Waals surface area (Å²) in [4.78, 5) is 38.9. The third kappa shape index (κ3) is 8.04. The van der Waals surface area contributed by atoms with E-state index in [1.165, 1.54) is 48.4 Å². The van der Waals surface area contributed by atoms with E-state index < -0.39 is 44.9 Å². The van der Waals surface area contributed by atoms with E-state index in [-0.39, 0.29) is 22.8 Å². The maximum atomic E-state index is 14.0. The Labute approximate surface area is 239 Å². The Morgan fingerprint density at radius 3 is 2.20 bits per heavy atom. The number of non-ortho nitro benzene ring substituents is 1. The number of sulfonamides is 1. The Bertz CT molecular complexity index is 1490. The molecule has 3 aromatic rings. The lowest BCUT2D eigenvalue weighted by Crippen LogP contribution is -2.54. The Hall–Kier alpha value is -4.45. The van der Waals surface area contributed by atoms with Gasteiger partial charge in [0, 0.05) is 24.2 Å². The summed E-state index contributed by atoms with van der Waals surface area (Å²) in [5.74, 6) is -0.510. The first-order valence-electron chi connectivity index (χ1n) is 12.8. The van der Waals surface area contributed by atoms with Crippen molar-refractivity contribution in [2.24, 2.45) is 0 Å². The number of ether oxygens (including phenoxy) is 1. The molecule has 0 saturated heterocycles. The summed E-state index contributed by atoms with van der Waals surface area (Å²) in [6.45, 7) is 6.35. The molecule has 0 aliphatic heterocycles. The van der Waals surface area contributed by atoms with Gasteiger partial charge in [0.25, 0.3) is 15.7 Å². The SMILES string of the molecule is COc1cccc(CN(C(=O)CN(c2ccc([N+](=O)[O-])cc2)S(=O)(=O)c2ccccc2)[C@H](C)C(=O)NC(C)(C)C)c1. The molecule has 0 saturated carbocycles. The highest BCUT2D eigenvalue weighted by Crippen LogP contribution is 2.27. The maximum absolute atomic E-state index is 14.0. The fourth-order valence-electron chi connectivity index (χ4n) is 4.01. The van der Waals surface area contributed by atoms with Crippen LogP contribution in [0.2, 0.25) is 0 Å². The van der Waals surface area contributed by atoms with Gasteiger partial charge in [-0.1, -0.05) is 30.3 Å². The van der Waals surface area contributed by atoms with Crippen LogP contribution in [-0.4, -0.2) is 55.3 Å². The molecule has 0 radical (unpaired) electrons. The molecule has 12 heteroatoms. The molecular formula is C29H34N4O7S. The molecule has 1 N–H and O–H groups in total.